The number of rotatable bonds is 4. The molecule has 2 aromatic rings. The van der Waals surface area contributed by atoms with Gasteiger partial charge in [-0.15, -0.1) is 0 Å². The molecule has 3 heteroatoms. The summed E-state index contributed by atoms with van der Waals surface area (Å²) in [6, 6.07) is 10.9. The van der Waals surface area contributed by atoms with Gasteiger partial charge in [-0.3, -0.25) is 0 Å². The lowest BCUT2D eigenvalue weighted by Crippen LogP contribution is -2.36. The monoisotopic (exact) mass is 287 g/mol. The molecular weight excluding hydrogens is 265 g/mol. The second-order valence-corrected chi connectivity index (χ2v) is 5.93. The molecule has 112 valence electrons. The molecule has 1 atom stereocenters. The first-order chi connectivity index (χ1) is 9.84. The Morgan fingerprint density at radius 2 is 1.76 bits per heavy atom. The van der Waals surface area contributed by atoms with Gasteiger partial charge in [-0.05, 0) is 68.1 Å². The fraction of sp³-hybridized carbons (Fsp3) is 0.333. The van der Waals surface area contributed by atoms with Crippen LogP contribution < -0.4 is 5.32 Å². The molecule has 0 amide bonds. The first kappa shape index (κ1) is 15.5. The van der Waals surface area contributed by atoms with Crippen LogP contribution in [0.3, 0.4) is 0 Å². The molecule has 2 aromatic carbocycles. The Kier molecular flexibility index (Phi) is 4.33. The summed E-state index contributed by atoms with van der Waals surface area (Å²) in [4.78, 5) is 0. The molecule has 0 radical (unpaired) electrons. The van der Waals surface area contributed by atoms with Crippen molar-refractivity contribution in [3.8, 4) is 0 Å². The number of anilines is 1. The van der Waals surface area contributed by atoms with E-state index in [1.165, 1.54) is 23.3 Å². The number of benzene rings is 2. The van der Waals surface area contributed by atoms with Gasteiger partial charge in [-0.25, -0.2) is 4.39 Å². The van der Waals surface area contributed by atoms with Crippen LogP contribution in [0.15, 0.2) is 36.4 Å². The first-order valence-corrected chi connectivity index (χ1v) is 7.08. The number of aryl methyl sites for hydroxylation is 3. The molecule has 0 spiro atoms. The highest BCUT2D eigenvalue weighted by molar-refractivity contribution is 5.50. The maximum Gasteiger partial charge on any atom is 0.125 e. The van der Waals surface area contributed by atoms with E-state index in [-0.39, 0.29) is 12.4 Å². The maximum atomic E-state index is 13.5. The molecular formula is C18H22FNO. The highest BCUT2D eigenvalue weighted by atomic mass is 19.1. The highest BCUT2D eigenvalue weighted by Crippen LogP contribution is 2.28. The Labute approximate surface area is 125 Å². The SMILES string of the molecule is Cc1cc(F)cc(NC(C)(CO)c2ccc(C)c(C)c2)c1. The average Bonchev–Trinajstić information content (AvgIpc) is 2.40. The molecule has 2 nitrogen and oxygen atoms in total. The molecule has 0 aliphatic heterocycles. The Morgan fingerprint density at radius 1 is 1.05 bits per heavy atom. The van der Waals surface area contributed by atoms with Crippen LogP contribution in [-0.4, -0.2) is 11.7 Å². The van der Waals surface area contributed by atoms with Crippen molar-refractivity contribution in [3.63, 3.8) is 0 Å². The second kappa shape index (κ2) is 5.86. The van der Waals surface area contributed by atoms with Gasteiger partial charge in [-0.2, -0.15) is 0 Å². The number of hydrogen-bond donors (Lipinski definition) is 2. The van der Waals surface area contributed by atoms with Gasteiger partial charge in [0.1, 0.15) is 5.82 Å². The predicted octanol–water partition coefficient (Wildman–Crippen LogP) is 4.07. The van der Waals surface area contributed by atoms with E-state index in [1.807, 2.05) is 39.0 Å². The normalized spacial score (nSPS) is 13.8. The summed E-state index contributed by atoms with van der Waals surface area (Å²) < 4.78 is 13.5. The van der Waals surface area contributed by atoms with Gasteiger partial charge in [0.15, 0.2) is 0 Å². The Bertz CT molecular complexity index is 633. The third-order valence-electron chi connectivity index (χ3n) is 3.92. The van der Waals surface area contributed by atoms with Gasteiger partial charge in [0.2, 0.25) is 0 Å². The molecule has 0 saturated carbocycles. The predicted molar refractivity (Wildman–Crippen MR) is 85.1 cm³/mol. The van der Waals surface area contributed by atoms with Gasteiger partial charge in [0.25, 0.3) is 0 Å². The lowest BCUT2D eigenvalue weighted by Gasteiger charge is -2.31. The number of aliphatic hydroxyl groups excluding tert-OH is 1. The minimum absolute atomic E-state index is 0.0783. The van der Waals surface area contributed by atoms with E-state index in [2.05, 4.69) is 18.3 Å². The highest BCUT2D eigenvalue weighted by Gasteiger charge is 2.26. The molecule has 0 heterocycles. The van der Waals surface area contributed by atoms with Crippen molar-refractivity contribution in [1.29, 1.82) is 0 Å². The summed E-state index contributed by atoms with van der Waals surface area (Å²) in [5, 5.41) is 13.1. The van der Waals surface area contributed by atoms with Crippen molar-refractivity contribution >= 4 is 5.69 Å². The fourth-order valence-corrected chi connectivity index (χ4v) is 2.41. The standard InChI is InChI=1S/C18H22FNO/c1-12-7-16(19)10-17(8-12)20-18(4,11-21)15-6-5-13(2)14(3)9-15/h5-10,20-21H,11H2,1-4H3. The molecule has 0 saturated heterocycles. The first-order valence-electron chi connectivity index (χ1n) is 7.08. The van der Waals surface area contributed by atoms with Crippen molar-refractivity contribution in [3.05, 3.63) is 64.5 Å². The molecule has 0 aliphatic carbocycles. The van der Waals surface area contributed by atoms with Crippen LogP contribution in [0.25, 0.3) is 0 Å². The molecule has 2 rings (SSSR count). The molecule has 0 bridgehead atoms. The van der Waals surface area contributed by atoms with E-state index in [0.717, 1.165) is 11.1 Å². The summed E-state index contributed by atoms with van der Waals surface area (Å²) >= 11 is 0. The second-order valence-electron chi connectivity index (χ2n) is 5.93. The zero-order chi connectivity index (χ0) is 15.6. The Hall–Kier alpha value is -1.87. The van der Waals surface area contributed by atoms with Crippen molar-refractivity contribution in [1.82, 2.24) is 0 Å². The van der Waals surface area contributed by atoms with Crippen LogP contribution in [0.1, 0.15) is 29.2 Å². The van der Waals surface area contributed by atoms with Crippen LogP contribution in [0.5, 0.6) is 0 Å². The minimum atomic E-state index is -0.654. The van der Waals surface area contributed by atoms with Crippen molar-refractivity contribution in [2.75, 3.05) is 11.9 Å². The van der Waals surface area contributed by atoms with Crippen molar-refractivity contribution < 1.29 is 9.50 Å². The van der Waals surface area contributed by atoms with Crippen molar-refractivity contribution in [2.45, 2.75) is 33.2 Å². The minimum Gasteiger partial charge on any atom is -0.394 e. The van der Waals surface area contributed by atoms with Gasteiger partial charge < -0.3 is 10.4 Å². The van der Waals surface area contributed by atoms with Gasteiger partial charge in [0, 0.05) is 5.69 Å². The lowest BCUT2D eigenvalue weighted by atomic mass is 9.90. The summed E-state index contributed by atoms with van der Waals surface area (Å²) in [6.07, 6.45) is 0. The number of nitrogens with one attached hydrogen (secondary N) is 1. The average molecular weight is 287 g/mol. The van der Waals surface area contributed by atoms with Crippen LogP contribution in [0, 0.1) is 26.6 Å². The number of halogens is 1. The number of aliphatic hydroxyl groups is 1. The van der Waals surface area contributed by atoms with Gasteiger partial charge in [-0.1, -0.05) is 18.2 Å². The van der Waals surface area contributed by atoms with E-state index < -0.39 is 5.54 Å². The summed E-state index contributed by atoms with van der Waals surface area (Å²) in [5.74, 6) is -0.280. The van der Waals surface area contributed by atoms with E-state index in [0.29, 0.717) is 5.69 Å². The lowest BCUT2D eigenvalue weighted by molar-refractivity contribution is 0.224. The zero-order valence-corrected chi connectivity index (χ0v) is 13.0. The zero-order valence-electron chi connectivity index (χ0n) is 13.0. The van der Waals surface area contributed by atoms with Crippen LogP contribution in [0.4, 0.5) is 10.1 Å². The molecule has 1 unspecified atom stereocenters. The van der Waals surface area contributed by atoms with Crippen LogP contribution in [-0.2, 0) is 5.54 Å². The summed E-state index contributed by atoms with van der Waals surface area (Å²) in [5.41, 5.74) is 4.22. The topological polar surface area (TPSA) is 32.3 Å². The van der Waals surface area contributed by atoms with E-state index in [1.54, 1.807) is 0 Å². The molecule has 21 heavy (non-hydrogen) atoms. The van der Waals surface area contributed by atoms with Crippen LogP contribution in [0.2, 0.25) is 0 Å². The van der Waals surface area contributed by atoms with Crippen molar-refractivity contribution in [2.24, 2.45) is 0 Å². The van der Waals surface area contributed by atoms with E-state index in [9.17, 15) is 9.50 Å². The smallest absolute Gasteiger partial charge is 0.125 e. The third kappa shape index (κ3) is 3.42. The quantitative estimate of drug-likeness (QED) is 0.888. The van der Waals surface area contributed by atoms with E-state index in [4.69, 9.17) is 0 Å². The third-order valence-corrected chi connectivity index (χ3v) is 3.92. The summed E-state index contributed by atoms with van der Waals surface area (Å²) in [7, 11) is 0. The maximum absolute atomic E-state index is 13.5. The number of hydrogen-bond acceptors (Lipinski definition) is 2. The molecule has 0 aromatic heterocycles. The molecule has 2 N–H and O–H groups in total. The van der Waals surface area contributed by atoms with Crippen LogP contribution >= 0.6 is 0 Å². The molecule has 0 fully saturated rings. The summed E-state index contributed by atoms with van der Waals surface area (Å²) in [6.45, 7) is 7.78. The van der Waals surface area contributed by atoms with Gasteiger partial charge in [0.05, 0.1) is 12.1 Å². The Morgan fingerprint density at radius 3 is 2.33 bits per heavy atom. The van der Waals surface area contributed by atoms with Gasteiger partial charge >= 0.3 is 0 Å². The fourth-order valence-electron chi connectivity index (χ4n) is 2.41. The largest absolute Gasteiger partial charge is 0.394 e. The molecule has 0 aliphatic rings. The van der Waals surface area contributed by atoms with E-state index >= 15 is 0 Å². The Balaban J connectivity index is 2.38.